The van der Waals surface area contributed by atoms with Gasteiger partial charge in [0.25, 0.3) is 0 Å². The van der Waals surface area contributed by atoms with Crippen molar-refractivity contribution in [3.05, 3.63) is 60.8 Å². The number of carbonyl (C=O) groups is 2. The zero-order valence-electron chi connectivity index (χ0n) is 40.6. The molecule has 0 radical (unpaired) electrons. The molecule has 0 amide bonds. The van der Waals surface area contributed by atoms with Crippen molar-refractivity contribution in [3.63, 3.8) is 0 Å². The number of allylic oxidation sites excluding steroid dienone is 10. The number of aliphatic hydroxyl groups excluding tert-OH is 7. The molecular formula is C52H88O15. The lowest BCUT2D eigenvalue weighted by Gasteiger charge is -2.42. The van der Waals surface area contributed by atoms with Gasteiger partial charge in [-0.15, -0.1) is 0 Å². The molecule has 0 saturated carbocycles. The highest BCUT2D eigenvalue weighted by Gasteiger charge is 2.47. The van der Waals surface area contributed by atoms with Gasteiger partial charge in [-0.2, -0.15) is 0 Å². The Morgan fingerprint density at radius 2 is 0.940 bits per heavy atom. The molecule has 15 heteroatoms. The maximum atomic E-state index is 13.0. The third-order valence-electron chi connectivity index (χ3n) is 11.8. The molecule has 2 saturated heterocycles. The van der Waals surface area contributed by atoms with Crippen LogP contribution < -0.4 is 0 Å². The molecule has 4 unspecified atom stereocenters. The van der Waals surface area contributed by atoms with Gasteiger partial charge in [-0.1, -0.05) is 152 Å². The molecule has 7 N–H and O–H groups in total. The van der Waals surface area contributed by atoms with Crippen LogP contribution in [0.1, 0.15) is 162 Å². The topological polar surface area (TPSA) is 231 Å². The first-order valence-electron chi connectivity index (χ1n) is 25.4. The van der Waals surface area contributed by atoms with E-state index in [4.69, 9.17) is 28.4 Å². The number of hydrogen-bond acceptors (Lipinski definition) is 15. The van der Waals surface area contributed by atoms with Gasteiger partial charge in [0.15, 0.2) is 18.7 Å². The summed E-state index contributed by atoms with van der Waals surface area (Å²) in [5.74, 6) is -0.965. The first-order valence-corrected chi connectivity index (χ1v) is 25.4. The molecule has 0 aromatic carbocycles. The minimum absolute atomic E-state index is 0.157. The largest absolute Gasteiger partial charge is 0.462 e. The maximum absolute atomic E-state index is 13.0. The predicted molar refractivity (Wildman–Crippen MR) is 256 cm³/mol. The van der Waals surface area contributed by atoms with Crippen LogP contribution in [0.2, 0.25) is 0 Å². The quantitative estimate of drug-likeness (QED) is 0.0190. The minimum Gasteiger partial charge on any atom is -0.462 e. The Kier molecular flexibility index (Phi) is 35.1. The van der Waals surface area contributed by atoms with Crippen LogP contribution in [0.5, 0.6) is 0 Å². The first kappa shape index (κ1) is 60.3. The summed E-state index contributed by atoms with van der Waals surface area (Å²) in [5, 5.41) is 72.0. The molecule has 0 aromatic rings. The number of esters is 2. The Balaban J connectivity index is 1.82. The molecule has 0 aliphatic carbocycles. The smallest absolute Gasteiger partial charge is 0.306 e. The van der Waals surface area contributed by atoms with Gasteiger partial charge < -0.3 is 64.2 Å². The monoisotopic (exact) mass is 953 g/mol. The van der Waals surface area contributed by atoms with Gasteiger partial charge in [0.2, 0.25) is 0 Å². The van der Waals surface area contributed by atoms with Gasteiger partial charge in [-0.05, 0) is 57.8 Å². The van der Waals surface area contributed by atoms with E-state index in [1.807, 2.05) is 0 Å². The molecule has 2 rings (SSSR count). The van der Waals surface area contributed by atoms with Gasteiger partial charge >= 0.3 is 11.9 Å². The van der Waals surface area contributed by atoms with Crippen molar-refractivity contribution in [1.82, 2.24) is 0 Å². The Bertz CT molecular complexity index is 1400. The van der Waals surface area contributed by atoms with Crippen LogP contribution >= 0.6 is 0 Å². The van der Waals surface area contributed by atoms with Crippen LogP contribution in [0.25, 0.3) is 0 Å². The summed E-state index contributed by atoms with van der Waals surface area (Å²) in [6, 6.07) is 0. The van der Waals surface area contributed by atoms with Crippen molar-refractivity contribution < 1.29 is 73.8 Å². The number of rotatable bonds is 38. The van der Waals surface area contributed by atoms with Gasteiger partial charge in [0.05, 0.1) is 19.8 Å². The summed E-state index contributed by atoms with van der Waals surface area (Å²) in [6.07, 6.45) is 26.8. The number of unbranched alkanes of at least 4 members (excludes halogenated alkanes) is 14. The van der Waals surface area contributed by atoms with Crippen molar-refractivity contribution in [1.29, 1.82) is 0 Å². The van der Waals surface area contributed by atoms with E-state index in [0.717, 1.165) is 70.6 Å². The standard InChI is InChI=1S/C52H88O15/c1-3-5-7-9-11-13-15-17-18-19-20-21-22-23-25-26-28-30-32-34-43(54)62-37-40(65-44(55)35-33-31-29-27-24-16-14-12-10-8-6-4-2)38-63-51-50(61)48(59)46(57)42(67-51)39-64-52-49(60)47(58)45(56)41(36-53)66-52/h5,7,11,13,17-18,20-21,23,25,40-42,45-53,56-61H,3-4,6,8-10,12,14-16,19,22,24,26-39H2,1-2H3/b7-5+,13-11+,18-17+,21-20+,25-23+/t40-,41+,42+,45-,46-,47?,48?,49?,50?,51+,52+/m0/s1. The molecule has 15 nitrogen and oxygen atoms in total. The van der Waals surface area contributed by atoms with E-state index in [1.165, 1.54) is 51.4 Å². The highest BCUT2D eigenvalue weighted by atomic mass is 16.7. The molecule has 2 fully saturated rings. The predicted octanol–water partition coefficient (Wildman–Crippen LogP) is 6.88. The first-order chi connectivity index (χ1) is 32.5. The van der Waals surface area contributed by atoms with Gasteiger partial charge in [-0.3, -0.25) is 9.59 Å². The van der Waals surface area contributed by atoms with Gasteiger partial charge in [-0.25, -0.2) is 0 Å². The fraction of sp³-hybridized carbons (Fsp3) is 0.769. The van der Waals surface area contributed by atoms with E-state index in [0.29, 0.717) is 12.8 Å². The molecule has 0 aromatic heterocycles. The molecule has 0 bridgehead atoms. The Labute approximate surface area is 400 Å². The Morgan fingerprint density at radius 1 is 0.493 bits per heavy atom. The summed E-state index contributed by atoms with van der Waals surface area (Å²) in [6.45, 7) is 2.42. The van der Waals surface area contributed by atoms with Crippen LogP contribution in [0.3, 0.4) is 0 Å². The van der Waals surface area contributed by atoms with E-state index >= 15 is 0 Å². The number of carbonyl (C=O) groups excluding carboxylic acids is 2. The van der Waals surface area contributed by atoms with Crippen LogP contribution in [0.15, 0.2) is 60.8 Å². The lowest BCUT2D eigenvalue weighted by atomic mass is 9.98. The molecule has 11 atom stereocenters. The zero-order chi connectivity index (χ0) is 48.9. The van der Waals surface area contributed by atoms with Gasteiger partial charge in [0, 0.05) is 12.8 Å². The summed E-state index contributed by atoms with van der Waals surface area (Å²) in [5.41, 5.74) is 0. The maximum Gasteiger partial charge on any atom is 0.306 e. The summed E-state index contributed by atoms with van der Waals surface area (Å²) in [4.78, 5) is 25.7. The van der Waals surface area contributed by atoms with Crippen LogP contribution in [-0.4, -0.2) is 142 Å². The Hall–Kier alpha value is -2.80. The second-order valence-corrected chi connectivity index (χ2v) is 17.6. The van der Waals surface area contributed by atoms with Crippen molar-refractivity contribution in [2.24, 2.45) is 0 Å². The molecule has 2 heterocycles. The van der Waals surface area contributed by atoms with Crippen molar-refractivity contribution in [3.8, 4) is 0 Å². The van der Waals surface area contributed by atoms with E-state index < -0.39 is 99.3 Å². The zero-order valence-corrected chi connectivity index (χ0v) is 40.6. The summed E-state index contributed by atoms with van der Waals surface area (Å²) < 4.78 is 33.5. The average molecular weight is 953 g/mol. The molecule has 386 valence electrons. The number of ether oxygens (including phenoxy) is 6. The van der Waals surface area contributed by atoms with E-state index in [2.05, 4.69) is 74.6 Å². The molecule has 2 aliphatic heterocycles. The molecule has 67 heavy (non-hydrogen) atoms. The Morgan fingerprint density at radius 3 is 1.48 bits per heavy atom. The fourth-order valence-electron chi connectivity index (χ4n) is 7.60. The van der Waals surface area contributed by atoms with E-state index in [9.17, 15) is 45.3 Å². The molecule has 0 spiro atoms. The molecule has 2 aliphatic rings. The number of hydrogen-bond donors (Lipinski definition) is 7. The van der Waals surface area contributed by atoms with E-state index in [1.54, 1.807) is 0 Å². The van der Waals surface area contributed by atoms with Crippen molar-refractivity contribution in [2.75, 3.05) is 26.4 Å². The average Bonchev–Trinajstić information content (AvgIpc) is 3.32. The van der Waals surface area contributed by atoms with Crippen LogP contribution in [0.4, 0.5) is 0 Å². The lowest BCUT2D eigenvalue weighted by Crippen LogP contribution is -2.61. The van der Waals surface area contributed by atoms with Gasteiger partial charge in [0.1, 0.15) is 55.4 Å². The second-order valence-electron chi connectivity index (χ2n) is 17.6. The SMILES string of the molecule is CC/C=C/C/C=C/C/C=C/C/C=C/C/C=C/CCCCCC(=O)OC[C@@H](CO[C@@H]1O[C@H](CO[C@@H]2O[C@H](CO)[C@H](O)C(O)C2O)[C@H](O)C(O)C1O)OC(=O)CCCCCCCCCCCCCC. The summed E-state index contributed by atoms with van der Waals surface area (Å²) in [7, 11) is 0. The lowest BCUT2D eigenvalue weighted by molar-refractivity contribution is -0.332. The highest BCUT2D eigenvalue weighted by Crippen LogP contribution is 2.26. The van der Waals surface area contributed by atoms with Crippen molar-refractivity contribution in [2.45, 2.75) is 229 Å². The summed E-state index contributed by atoms with van der Waals surface area (Å²) >= 11 is 0. The van der Waals surface area contributed by atoms with Crippen molar-refractivity contribution >= 4 is 11.9 Å². The minimum atomic E-state index is -1.77. The fourth-order valence-corrected chi connectivity index (χ4v) is 7.60. The van der Waals surface area contributed by atoms with E-state index in [-0.39, 0.29) is 19.4 Å². The second kappa shape index (κ2) is 39.0. The molecular weight excluding hydrogens is 865 g/mol. The third kappa shape index (κ3) is 27.3. The van der Waals surface area contributed by atoms with Crippen LogP contribution in [0, 0.1) is 0 Å². The normalized spacial score (nSPS) is 26.5. The third-order valence-corrected chi connectivity index (χ3v) is 11.8. The highest BCUT2D eigenvalue weighted by molar-refractivity contribution is 5.70. The number of aliphatic hydroxyl groups is 7. The van der Waals surface area contributed by atoms with Crippen LogP contribution in [-0.2, 0) is 38.0 Å².